The van der Waals surface area contributed by atoms with Crippen LogP contribution in [-0.2, 0) is 61.9 Å². The van der Waals surface area contributed by atoms with Gasteiger partial charge >= 0.3 is 12.1 Å². The van der Waals surface area contributed by atoms with Gasteiger partial charge in [0, 0.05) is 52.0 Å². The van der Waals surface area contributed by atoms with E-state index in [-0.39, 0.29) is 116 Å². The number of benzene rings is 1. The number of nitro benzene ring substituents is 2. The molecule has 0 aliphatic carbocycles. The average Bonchev–Trinajstić information content (AvgIpc) is 0.844. The minimum Gasteiger partial charge on any atom is -0.477 e. The molecule has 0 bridgehead atoms. The number of alkyl carbamates (subject to hydrolysis) is 1. The number of non-ortho nitro benzene ring substituents is 1. The number of nitrogens with one attached hydrogen (secondary N) is 8. The maximum atomic E-state index is 13.4. The third kappa shape index (κ3) is 31.1. The van der Waals surface area contributed by atoms with Crippen LogP contribution in [0.15, 0.2) is 30.0 Å². The highest BCUT2D eigenvalue weighted by molar-refractivity contribution is 5.87. The van der Waals surface area contributed by atoms with Crippen molar-refractivity contribution in [1.29, 1.82) is 5.41 Å². The van der Waals surface area contributed by atoms with Gasteiger partial charge < -0.3 is 111 Å². The van der Waals surface area contributed by atoms with Crippen molar-refractivity contribution in [2.45, 2.75) is 171 Å². The molecule has 0 aromatic heterocycles. The fraction of sp³-hybridized carbons (Fsp3) is 0.732. The molecular formula is C56H93N11O24. The number of amides is 5. The SMILES string of the molecule is CC(=O)N[C@H]1[C@H]([C@H](OC(=O)NCCCCCCCCCCCC(=O)N[C@H](CCCCNC(=O)CCOCCNc2ccc([N+](=O)[O-])cc2[N+](=O)[O-])C(=O)NCCOCCOCCOCCO[C@@H]2O[C@@H](C)[C@H](O)[C@@H](O)[C@H]2O)[C@H](O)CO)OC(C(=O)O)=C[C@@H]1NC(=N)N. The van der Waals surface area contributed by atoms with Gasteiger partial charge in [-0.1, -0.05) is 44.9 Å². The summed E-state index contributed by atoms with van der Waals surface area (Å²) >= 11 is 0. The average molecular weight is 1300 g/mol. The molecule has 1 saturated heterocycles. The highest BCUT2D eigenvalue weighted by atomic mass is 16.7. The van der Waals surface area contributed by atoms with E-state index in [0.29, 0.717) is 32.2 Å². The van der Waals surface area contributed by atoms with Crippen molar-refractivity contribution < 1.29 is 107 Å². The number of unbranched alkanes of at least 4 members (excludes halogenated alkanes) is 9. The van der Waals surface area contributed by atoms with E-state index in [4.69, 9.17) is 49.0 Å². The zero-order valence-corrected chi connectivity index (χ0v) is 51.5. The monoisotopic (exact) mass is 1300 g/mol. The van der Waals surface area contributed by atoms with Gasteiger partial charge in [-0.15, -0.1) is 0 Å². The largest absolute Gasteiger partial charge is 0.477 e. The number of nitrogens with two attached hydrogens (primary N) is 1. The van der Waals surface area contributed by atoms with Crippen LogP contribution in [0, 0.1) is 25.6 Å². The lowest BCUT2D eigenvalue weighted by Crippen LogP contribution is -2.65. The van der Waals surface area contributed by atoms with Crippen LogP contribution in [0.4, 0.5) is 21.9 Å². The highest BCUT2D eigenvalue weighted by Crippen LogP contribution is 2.29. The van der Waals surface area contributed by atoms with Crippen molar-refractivity contribution in [2.24, 2.45) is 5.73 Å². The molecule has 16 N–H and O–H groups in total. The molecule has 2 heterocycles. The Hall–Kier alpha value is -7.19. The van der Waals surface area contributed by atoms with Crippen molar-refractivity contribution in [3.63, 3.8) is 0 Å². The van der Waals surface area contributed by atoms with Crippen LogP contribution in [0.25, 0.3) is 0 Å². The van der Waals surface area contributed by atoms with Crippen molar-refractivity contribution in [3.05, 3.63) is 50.3 Å². The number of aliphatic hydroxyl groups excluding tert-OH is 5. The van der Waals surface area contributed by atoms with E-state index >= 15 is 0 Å². The number of nitro groups is 2. The fourth-order valence-corrected chi connectivity index (χ4v) is 9.38. The van der Waals surface area contributed by atoms with Crippen molar-refractivity contribution >= 4 is 58.7 Å². The number of rotatable bonds is 48. The Labute approximate surface area is 526 Å². The quantitative estimate of drug-likeness (QED) is 0.0125. The maximum Gasteiger partial charge on any atom is 0.407 e. The van der Waals surface area contributed by atoms with Crippen LogP contribution in [0.5, 0.6) is 0 Å². The molecule has 3 rings (SSSR count). The molecule has 35 nitrogen and oxygen atoms in total. The molecular weight excluding hydrogens is 1210 g/mol. The van der Waals surface area contributed by atoms with Crippen molar-refractivity contribution in [3.8, 4) is 0 Å². The number of ether oxygens (including phenoxy) is 8. The Kier molecular flexibility index (Phi) is 38.0. The lowest BCUT2D eigenvalue weighted by Gasteiger charge is -2.41. The van der Waals surface area contributed by atoms with Gasteiger partial charge in [-0.05, 0) is 51.2 Å². The topological polar surface area (TPSA) is 518 Å². The third-order valence-electron chi connectivity index (χ3n) is 14.1. The Morgan fingerprint density at radius 3 is 1.95 bits per heavy atom. The highest BCUT2D eigenvalue weighted by Gasteiger charge is 2.47. The van der Waals surface area contributed by atoms with E-state index in [0.717, 1.165) is 70.1 Å². The fourth-order valence-electron chi connectivity index (χ4n) is 9.38. The minimum atomic E-state index is -1.76. The van der Waals surface area contributed by atoms with Crippen LogP contribution < -0.4 is 43.0 Å². The molecule has 1 aromatic rings. The zero-order chi connectivity index (χ0) is 67.1. The summed E-state index contributed by atoms with van der Waals surface area (Å²) in [4.78, 5) is 96.7. The first kappa shape index (κ1) is 78.1. The molecule has 2 aliphatic heterocycles. The van der Waals surface area contributed by atoms with Gasteiger partial charge in [0.25, 0.3) is 11.4 Å². The van der Waals surface area contributed by atoms with Crippen molar-refractivity contribution in [2.75, 3.05) is 97.6 Å². The van der Waals surface area contributed by atoms with E-state index in [1.54, 1.807) is 6.92 Å². The number of carbonyl (C=O) groups excluding carboxylic acids is 5. The van der Waals surface area contributed by atoms with Gasteiger partial charge in [0.05, 0.1) is 100 Å². The summed E-state index contributed by atoms with van der Waals surface area (Å²) in [5.74, 6) is -4.31. The van der Waals surface area contributed by atoms with Gasteiger partial charge in [0.1, 0.15) is 36.1 Å². The molecule has 5 amide bonds. The van der Waals surface area contributed by atoms with Crippen LogP contribution in [0.3, 0.4) is 0 Å². The predicted octanol–water partition coefficient (Wildman–Crippen LogP) is -0.824. The number of guanidine groups is 1. The zero-order valence-electron chi connectivity index (χ0n) is 51.5. The second kappa shape index (κ2) is 44.3. The summed E-state index contributed by atoms with van der Waals surface area (Å²) in [6, 6.07) is 0.0366. The molecule has 516 valence electrons. The standard InChI is InChI=1S/C56H93N11O24/c1-35-47(73)48(74)49(75)54(89-35)88-31-30-87-29-28-86-27-26-85-25-22-61-52(76)39(14-11-13-19-60-44(71)18-23-84-24-21-59-38-17-16-37(66(80)81)32-41(38)67(82)83)64-45(72)15-10-8-6-4-3-5-7-9-12-20-62-56(79)91-50(42(70)34-68)51-46(63-36(2)69)40(65-55(57)58)33-43(90-51)53(77)78/h16-17,32-33,35,39-40,42,46-51,54,59,68,70,73-75H,3-15,18-31,34H2,1-2H3,(H,60,71)(H,61,76)(H,62,79)(H,63,69)(H,64,72)(H,77,78)(H4,57,58,65)/t35-,39+,40-,42+,46+,47-,48+,49+,50+,51+,54+/m0/s1. The van der Waals surface area contributed by atoms with Crippen LogP contribution in [0.2, 0.25) is 0 Å². The lowest BCUT2D eigenvalue weighted by molar-refractivity contribution is -0.393. The molecule has 0 spiro atoms. The number of carboxylic acid groups (broad SMARTS) is 1. The van der Waals surface area contributed by atoms with Crippen LogP contribution >= 0.6 is 0 Å². The summed E-state index contributed by atoms with van der Waals surface area (Å²) in [6.07, 6.45) is -2.12. The summed E-state index contributed by atoms with van der Waals surface area (Å²) in [5.41, 5.74) is 4.68. The molecule has 0 radical (unpaired) electrons. The number of aliphatic carboxylic acids is 1. The van der Waals surface area contributed by atoms with Crippen LogP contribution in [0.1, 0.15) is 104 Å². The number of nitrogens with zero attached hydrogens (tertiary/aromatic N) is 2. The first-order valence-corrected chi connectivity index (χ1v) is 30.4. The van der Waals surface area contributed by atoms with E-state index in [1.807, 2.05) is 0 Å². The Morgan fingerprint density at radius 2 is 1.32 bits per heavy atom. The van der Waals surface area contributed by atoms with Gasteiger partial charge in [-0.25, -0.2) is 9.59 Å². The molecule has 35 heteroatoms. The maximum absolute atomic E-state index is 13.4. The smallest absolute Gasteiger partial charge is 0.407 e. The van der Waals surface area contributed by atoms with Gasteiger partial charge in [-0.2, -0.15) is 0 Å². The molecule has 2 aliphatic rings. The Morgan fingerprint density at radius 1 is 0.714 bits per heavy atom. The first-order valence-electron chi connectivity index (χ1n) is 30.4. The molecule has 1 aromatic carbocycles. The normalized spacial score (nSPS) is 20.5. The molecule has 91 heavy (non-hydrogen) atoms. The van der Waals surface area contributed by atoms with Gasteiger partial charge in [0.15, 0.2) is 24.5 Å². The van der Waals surface area contributed by atoms with E-state index < -0.39 is 131 Å². The van der Waals surface area contributed by atoms with Gasteiger partial charge in [0.2, 0.25) is 29.4 Å². The Balaban J connectivity index is 1.34. The molecule has 11 atom stereocenters. The van der Waals surface area contributed by atoms with E-state index in [2.05, 4.69) is 37.2 Å². The second-order valence-corrected chi connectivity index (χ2v) is 21.4. The summed E-state index contributed by atoms with van der Waals surface area (Å²) in [6.45, 7) is 4.06. The molecule has 0 unspecified atom stereocenters. The second-order valence-electron chi connectivity index (χ2n) is 21.4. The number of anilines is 1. The molecule has 0 saturated carbocycles. The number of aliphatic hydroxyl groups is 5. The first-order chi connectivity index (χ1) is 43.5. The van der Waals surface area contributed by atoms with E-state index in [1.165, 1.54) is 6.07 Å². The van der Waals surface area contributed by atoms with E-state index in [9.17, 15) is 79.6 Å². The predicted molar refractivity (Wildman–Crippen MR) is 321 cm³/mol. The number of carboxylic acids is 1. The summed E-state index contributed by atoms with van der Waals surface area (Å²) < 4.78 is 43.8. The summed E-state index contributed by atoms with van der Waals surface area (Å²) in [5, 5.41) is 109. The minimum absolute atomic E-state index is 0.0288. The van der Waals surface area contributed by atoms with Crippen molar-refractivity contribution in [1.82, 2.24) is 31.9 Å². The Bertz CT molecular complexity index is 2450. The van der Waals surface area contributed by atoms with Crippen LogP contribution in [-0.4, -0.2) is 242 Å². The van der Waals surface area contributed by atoms with Gasteiger partial charge in [-0.3, -0.25) is 44.8 Å². The summed E-state index contributed by atoms with van der Waals surface area (Å²) in [7, 11) is 0. The molecule has 1 fully saturated rings. The lowest BCUT2D eigenvalue weighted by atomic mass is 9.92. The number of hydrogen-bond acceptors (Lipinski definition) is 25. The number of hydrogen-bond donors (Lipinski definition) is 15. The third-order valence-corrected chi connectivity index (χ3v) is 14.1. The number of carbonyl (C=O) groups is 6.